The van der Waals surface area contributed by atoms with Crippen molar-refractivity contribution in [3.8, 4) is 0 Å². The first-order valence-electron chi connectivity index (χ1n) is 3.97. The van der Waals surface area contributed by atoms with Crippen molar-refractivity contribution in [2.24, 2.45) is 0 Å². The molecule has 1 aromatic heterocycles. The van der Waals surface area contributed by atoms with Gasteiger partial charge in [0.15, 0.2) is 0 Å². The van der Waals surface area contributed by atoms with Crippen molar-refractivity contribution >= 4 is 10.0 Å². The van der Waals surface area contributed by atoms with Gasteiger partial charge in [0, 0.05) is 12.5 Å². The summed E-state index contributed by atoms with van der Waals surface area (Å²) in [6, 6.07) is 3.46. The summed E-state index contributed by atoms with van der Waals surface area (Å²) in [4.78, 5) is 0. The average molecular weight is 203 g/mol. The minimum Gasteiger partial charge on any atom is -0.469 e. The molecular weight excluding hydrogens is 190 g/mol. The van der Waals surface area contributed by atoms with Crippen LogP contribution < -0.4 is 4.72 Å². The third-order valence-electron chi connectivity index (χ3n) is 1.50. The number of nitrogens with one attached hydrogen (secondary N) is 1. The minimum absolute atomic E-state index is 0.138. The Kier molecular flexibility index (Phi) is 3.11. The van der Waals surface area contributed by atoms with Crippen LogP contribution in [0.2, 0.25) is 0 Å². The maximum atomic E-state index is 10.8. The van der Waals surface area contributed by atoms with Crippen molar-refractivity contribution in [1.29, 1.82) is 0 Å². The quantitative estimate of drug-likeness (QED) is 0.786. The molecular formula is C8H13NO3S. The topological polar surface area (TPSA) is 59.3 Å². The zero-order chi connectivity index (χ0) is 9.90. The number of rotatable bonds is 4. The highest BCUT2D eigenvalue weighted by Crippen LogP contribution is 2.04. The second-order valence-electron chi connectivity index (χ2n) is 3.07. The maximum Gasteiger partial charge on any atom is 0.208 e. The molecule has 0 bridgehead atoms. The van der Waals surface area contributed by atoms with E-state index in [1.165, 1.54) is 0 Å². The van der Waals surface area contributed by atoms with Gasteiger partial charge in [0.2, 0.25) is 10.0 Å². The number of sulfonamides is 1. The molecule has 0 unspecified atom stereocenters. The average Bonchev–Trinajstić information content (AvgIpc) is 2.34. The summed E-state index contributed by atoms with van der Waals surface area (Å²) in [7, 11) is -3.12. The SMILES string of the molecule is C[C@H](Cc1ccco1)NS(C)(=O)=O. The van der Waals surface area contributed by atoms with Crippen LogP contribution in [0.5, 0.6) is 0 Å². The van der Waals surface area contributed by atoms with Gasteiger partial charge in [0.1, 0.15) is 5.76 Å². The Balaban J connectivity index is 2.47. The Morgan fingerprint density at radius 2 is 2.31 bits per heavy atom. The molecule has 0 fully saturated rings. The van der Waals surface area contributed by atoms with Crippen molar-refractivity contribution in [3.05, 3.63) is 24.2 Å². The molecule has 4 nitrogen and oxygen atoms in total. The lowest BCUT2D eigenvalue weighted by atomic mass is 10.2. The fraction of sp³-hybridized carbons (Fsp3) is 0.500. The summed E-state index contributed by atoms with van der Waals surface area (Å²) in [5, 5.41) is 0. The molecule has 0 aliphatic carbocycles. The third-order valence-corrected chi connectivity index (χ3v) is 2.33. The first-order chi connectivity index (χ1) is 5.97. The Labute approximate surface area is 78.0 Å². The van der Waals surface area contributed by atoms with Gasteiger partial charge < -0.3 is 4.42 Å². The lowest BCUT2D eigenvalue weighted by Gasteiger charge is -2.09. The second-order valence-corrected chi connectivity index (χ2v) is 4.85. The van der Waals surface area contributed by atoms with Gasteiger partial charge in [-0.05, 0) is 19.1 Å². The Morgan fingerprint density at radius 1 is 1.62 bits per heavy atom. The molecule has 1 rings (SSSR count). The molecule has 1 heterocycles. The van der Waals surface area contributed by atoms with Crippen LogP contribution in [0.4, 0.5) is 0 Å². The number of furan rings is 1. The Hall–Kier alpha value is -0.810. The molecule has 1 atom stereocenters. The van der Waals surface area contributed by atoms with E-state index in [1.54, 1.807) is 19.3 Å². The first kappa shape index (κ1) is 10.3. The molecule has 0 saturated carbocycles. The van der Waals surface area contributed by atoms with Gasteiger partial charge in [-0.25, -0.2) is 13.1 Å². The largest absolute Gasteiger partial charge is 0.469 e. The van der Waals surface area contributed by atoms with Crippen LogP contribution in [0.25, 0.3) is 0 Å². The molecule has 0 amide bonds. The predicted octanol–water partition coefficient (Wildman–Crippen LogP) is 0.760. The summed E-state index contributed by atoms with van der Waals surface area (Å²) in [6.07, 6.45) is 3.29. The number of hydrogen-bond acceptors (Lipinski definition) is 3. The predicted molar refractivity (Wildman–Crippen MR) is 49.9 cm³/mol. The Morgan fingerprint density at radius 3 is 2.77 bits per heavy atom. The molecule has 0 radical (unpaired) electrons. The van der Waals surface area contributed by atoms with Gasteiger partial charge in [0.05, 0.1) is 12.5 Å². The first-order valence-corrected chi connectivity index (χ1v) is 5.86. The lowest BCUT2D eigenvalue weighted by molar-refractivity contribution is 0.479. The molecule has 1 aromatic rings. The van der Waals surface area contributed by atoms with Crippen LogP contribution in [0.15, 0.2) is 22.8 Å². The van der Waals surface area contributed by atoms with E-state index >= 15 is 0 Å². The van der Waals surface area contributed by atoms with Gasteiger partial charge in [0.25, 0.3) is 0 Å². The van der Waals surface area contributed by atoms with E-state index in [4.69, 9.17) is 4.42 Å². The highest BCUT2D eigenvalue weighted by molar-refractivity contribution is 7.88. The maximum absolute atomic E-state index is 10.8. The van der Waals surface area contributed by atoms with E-state index in [1.807, 2.05) is 6.07 Å². The summed E-state index contributed by atoms with van der Waals surface area (Å²) in [5.41, 5.74) is 0. The smallest absolute Gasteiger partial charge is 0.208 e. The van der Waals surface area contributed by atoms with E-state index in [0.29, 0.717) is 6.42 Å². The summed E-state index contributed by atoms with van der Waals surface area (Å²) < 4.78 is 29.2. The zero-order valence-electron chi connectivity index (χ0n) is 7.65. The fourth-order valence-electron chi connectivity index (χ4n) is 1.14. The van der Waals surface area contributed by atoms with Crippen LogP contribution in [-0.2, 0) is 16.4 Å². The second kappa shape index (κ2) is 3.93. The van der Waals surface area contributed by atoms with Gasteiger partial charge in [-0.1, -0.05) is 0 Å². The van der Waals surface area contributed by atoms with Gasteiger partial charge in [-0.15, -0.1) is 0 Å². The highest BCUT2D eigenvalue weighted by atomic mass is 32.2. The van der Waals surface area contributed by atoms with Crippen LogP contribution in [0, 0.1) is 0 Å². The van der Waals surface area contributed by atoms with Crippen molar-refractivity contribution < 1.29 is 12.8 Å². The summed E-state index contributed by atoms with van der Waals surface area (Å²) in [5.74, 6) is 0.781. The molecule has 0 spiro atoms. The van der Waals surface area contributed by atoms with E-state index in [-0.39, 0.29) is 6.04 Å². The summed E-state index contributed by atoms with van der Waals surface area (Å²) in [6.45, 7) is 1.80. The third kappa shape index (κ3) is 4.10. The van der Waals surface area contributed by atoms with Crippen molar-refractivity contribution in [1.82, 2.24) is 4.72 Å². The number of hydrogen-bond donors (Lipinski definition) is 1. The van der Waals surface area contributed by atoms with Gasteiger partial charge >= 0.3 is 0 Å². The fourth-order valence-corrected chi connectivity index (χ4v) is 1.95. The van der Waals surface area contributed by atoms with Crippen LogP contribution >= 0.6 is 0 Å². The monoisotopic (exact) mass is 203 g/mol. The standard InChI is InChI=1S/C8H13NO3S/c1-7(9-13(2,10)11)6-8-4-3-5-12-8/h3-5,7,9H,6H2,1-2H3/t7-/m1/s1. The van der Waals surface area contributed by atoms with Crippen LogP contribution in [0.1, 0.15) is 12.7 Å². The molecule has 0 aromatic carbocycles. The van der Waals surface area contributed by atoms with Crippen LogP contribution in [-0.4, -0.2) is 20.7 Å². The van der Waals surface area contributed by atoms with E-state index in [0.717, 1.165) is 12.0 Å². The van der Waals surface area contributed by atoms with E-state index < -0.39 is 10.0 Å². The van der Waals surface area contributed by atoms with E-state index in [9.17, 15) is 8.42 Å². The zero-order valence-corrected chi connectivity index (χ0v) is 8.47. The van der Waals surface area contributed by atoms with Crippen LogP contribution in [0.3, 0.4) is 0 Å². The molecule has 0 saturated heterocycles. The van der Waals surface area contributed by atoms with Crippen molar-refractivity contribution in [3.63, 3.8) is 0 Å². The minimum atomic E-state index is -3.12. The molecule has 13 heavy (non-hydrogen) atoms. The Bertz CT molecular complexity index is 341. The highest BCUT2D eigenvalue weighted by Gasteiger charge is 2.10. The lowest BCUT2D eigenvalue weighted by Crippen LogP contribution is -2.32. The normalized spacial score (nSPS) is 14.3. The van der Waals surface area contributed by atoms with Crippen molar-refractivity contribution in [2.75, 3.05) is 6.26 Å². The molecule has 0 aliphatic rings. The van der Waals surface area contributed by atoms with Crippen molar-refractivity contribution in [2.45, 2.75) is 19.4 Å². The van der Waals surface area contributed by atoms with Gasteiger partial charge in [-0.2, -0.15) is 0 Å². The molecule has 74 valence electrons. The molecule has 0 aliphatic heterocycles. The van der Waals surface area contributed by atoms with Gasteiger partial charge in [-0.3, -0.25) is 0 Å². The molecule has 1 N–H and O–H groups in total. The van der Waals surface area contributed by atoms with E-state index in [2.05, 4.69) is 4.72 Å². The summed E-state index contributed by atoms with van der Waals surface area (Å²) >= 11 is 0. The molecule has 5 heteroatoms.